The normalized spacial score (nSPS) is 12.3. The molecule has 7 nitrogen and oxygen atoms in total. The molecule has 120 valence electrons. The van der Waals surface area contributed by atoms with Crippen molar-refractivity contribution >= 4 is 22.7 Å². The summed E-state index contributed by atoms with van der Waals surface area (Å²) in [5.74, 6) is 0. The third kappa shape index (κ3) is 4.86. The molecule has 0 aliphatic carbocycles. The molecule has 0 spiro atoms. The smallest absolute Gasteiger partial charge is 0.269 e. The fraction of sp³-hybridized carbons (Fsp3) is 0.250. The van der Waals surface area contributed by atoms with Crippen LogP contribution in [-0.4, -0.2) is 22.7 Å². The number of aliphatic hydroxyl groups is 1. The van der Waals surface area contributed by atoms with Crippen LogP contribution in [0.25, 0.3) is 0 Å². The van der Waals surface area contributed by atoms with Crippen LogP contribution in [0.15, 0.2) is 58.8 Å². The first-order valence-electron chi connectivity index (χ1n) is 7.26. The minimum atomic E-state index is -0.456. The Labute approximate surface area is 133 Å². The molecule has 23 heavy (non-hydrogen) atoms. The first kappa shape index (κ1) is 16.6. The van der Waals surface area contributed by atoms with Gasteiger partial charge in [-0.05, 0) is 42.8 Å². The van der Waals surface area contributed by atoms with E-state index in [0.29, 0.717) is 11.4 Å². The van der Waals surface area contributed by atoms with E-state index in [1.165, 1.54) is 12.1 Å². The average molecular weight is 314 g/mol. The number of aliphatic hydroxyl groups excluding tert-OH is 1. The van der Waals surface area contributed by atoms with E-state index in [1.54, 1.807) is 24.3 Å². The van der Waals surface area contributed by atoms with Crippen molar-refractivity contribution in [3.05, 3.63) is 58.6 Å². The van der Waals surface area contributed by atoms with Crippen LogP contribution in [0.1, 0.15) is 13.3 Å². The van der Waals surface area contributed by atoms with E-state index < -0.39 is 4.92 Å². The number of nitrogens with one attached hydrogen (secondary N) is 1. The number of nitro groups is 1. The number of non-ortho nitro benzene ring substituents is 1. The van der Waals surface area contributed by atoms with Crippen molar-refractivity contribution < 1.29 is 10.0 Å². The number of nitro benzene ring substituents is 1. The highest BCUT2D eigenvalue weighted by molar-refractivity contribution is 5.51. The lowest BCUT2D eigenvalue weighted by molar-refractivity contribution is -0.384. The van der Waals surface area contributed by atoms with Crippen LogP contribution in [0.3, 0.4) is 0 Å². The summed E-state index contributed by atoms with van der Waals surface area (Å²) in [5.41, 5.74) is 2.14. The first-order chi connectivity index (χ1) is 11.1. The predicted molar refractivity (Wildman–Crippen MR) is 88.5 cm³/mol. The Morgan fingerprint density at radius 2 is 1.61 bits per heavy atom. The van der Waals surface area contributed by atoms with Gasteiger partial charge in [-0.2, -0.15) is 10.2 Å². The van der Waals surface area contributed by atoms with Crippen molar-refractivity contribution in [1.82, 2.24) is 0 Å². The van der Waals surface area contributed by atoms with Gasteiger partial charge in [0, 0.05) is 23.9 Å². The Morgan fingerprint density at radius 1 is 1.09 bits per heavy atom. The van der Waals surface area contributed by atoms with Gasteiger partial charge in [0.25, 0.3) is 5.69 Å². The van der Waals surface area contributed by atoms with Gasteiger partial charge in [0.1, 0.15) is 0 Å². The molecular weight excluding hydrogens is 296 g/mol. The fourth-order valence-corrected chi connectivity index (χ4v) is 1.89. The lowest BCUT2D eigenvalue weighted by Gasteiger charge is -2.15. The number of hydrogen-bond donors (Lipinski definition) is 2. The summed E-state index contributed by atoms with van der Waals surface area (Å²) >= 11 is 0. The second kappa shape index (κ2) is 8.00. The highest BCUT2D eigenvalue weighted by Crippen LogP contribution is 2.22. The Balaban J connectivity index is 2.01. The van der Waals surface area contributed by atoms with Crippen molar-refractivity contribution in [3.8, 4) is 0 Å². The van der Waals surface area contributed by atoms with Gasteiger partial charge >= 0.3 is 0 Å². The lowest BCUT2D eigenvalue weighted by Crippen LogP contribution is -2.22. The number of nitrogens with zero attached hydrogens (tertiary/aromatic N) is 3. The molecule has 0 fully saturated rings. The van der Waals surface area contributed by atoms with Crippen molar-refractivity contribution in [2.75, 3.05) is 11.9 Å². The van der Waals surface area contributed by atoms with Gasteiger partial charge in [-0.1, -0.05) is 6.92 Å². The molecule has 0 aliphatic heterocycles. The van der Waals surface area contributed by atoms with Gasteiger partial charge in [-0.15, -0.1) is 0 Å². The molecule has 2 aromatic carbocycles. The molecule has 0 saturated carbocycles. The molecule has 2 aromatic rings. The van der Waals surface area contributed by atoms with Crippen LogP contribution in [0.5, 0.6) is 0 Å². The summed E-state index contributed by atoms with van der Waals surface area (Å²) in [6.45, 7) is 2.08. The van der Waals surface area contributed by atoms with Crippen LogP contribution in [0.2, 0.25) is 0 Å². The second-order valence-corrected chi connectivity index (χ2v) is 4.95. The number of anilines is 1. The molecule has 1 atom stereocenters. The first-order valence-corrected chi connectivity index (χ1v) is 7.26. The number of hydrogen-bond acceptors (Lipinski definition) is 6. The highest BCUT2D eigenvalue weighted by atomic mass is 16.6. The molecular formula is C16H18N4O3. The molecule has 0 saturated heterocycles. The summed E-state index contributed by atoms with van der Waals surface area (Å²) < 4.78 is 0. The minimum Gasteiger partial charge on any atom is -0.394 e. The van der Waals surface area contributed by atoms with E-state index in [1.807, 2.05) is 19.1 Å². The second-order valence-electron chi connectivity index (χ2n) is 4.95. The standard InChI is InChI=1S/C16H18N4O3/c1-2-12(11-21)17-13-3-5-14(6-4-13)18-19-15-7-9-16(10-8-15)20(22)23/h3-10,12,17,21H,2,11H2,1H3/b19-18+. The van der Waals surface area contributed by atoms with Crippen molar-refractivity contribution in [2.24, 2.45) is 10.2 Å². The third-order valence-corrected chi connectivity index (χ3v) is 3.29. The zero-order valence-electron chi connectivity index (χ0n) is 12.7. The predicted octanol–water partition coefficient (Wildman–Crippen LogP) is 4.19. The van der Waals surface area contributed by atoms with Gasteiger partial charge < -0.3 is 10.4 Å². The van der Waals surface area contributed by atoms with Crippen LogP contribution in [0.4, 0.5) is 22.7 Å². The van der Waals surface area contributed by atoms with Gasteiger partial charge in [0.15, 0.2) is 0 Å². The van der Waals surface area contributed by atoms with Crippen LogP contribution < -0.4 is 5.32 Å². The summed E-state index contributed by atoms with van der Waals surface area (Å²) in [5, 5.41) is 31.1. The van der Waals surface area contributed by atoms with E-state index in [2.05, 4.69) is 15.5 Å². The topological polar surface area (TPSA) is 100 Å². The SMILES string of the molecule is CCC(CO)Nc1ccc(/N=N/c2ccc([N+](=O)[O-])cc2)cc1. The molecule has 0 aromatic heterocycles. The minimum absolute atomic E-state index is 0.0220. The maximum Gasteiger partial charge on any atom is 0.269 e. The van der Waals surface area contributed by atoms with Crippen molar-refractivity contribution in [2.45, 2.75) is 19.4 Å². The molecule has 0 bridgehead atoms. The maximum atomic E-state index is 10.6. The number of azo groups is 1. The quantitative estimate of drug-likeness (QED) is 0.454. The van der Waals surface area contributed by atoms with Crippen molar-refractivity contribution in [3.63, 3.8) is 0 Å². The molecule has 0 heterocycles. The van der Waals surface area contributed by atoms with E-state index in [0.717, 1.165) is 12.1 Å². The molecule has 7 heteroatoms. The Morgan fingerprint density at radius 3 is 2.04 bits per heavy atom. The van der Waals surface area contributed by atoms with Crippen molar-refractivity contribution in [1.29, 1.82) is 0 Å². The molecule has 0 amide bonds. The molecule has 0 aliphatic rings. The monoisotopic (exact) mass is 314 g/mol. The highest BCUT2D eigenvalue weighted by Gasteiger charge is 2.04. The number of benzene rings is 2. The van der Waals surface area contributed by atoms with E-state index in [-0.39, 0.29) is 18.3 Å². The lowest BCUT2D eigenvalue weighted by atomic mass is 10.2. The third-order valence-electron chi connectivity index (χ3n) is 3.29. The average Bonchev–Trinajstić information content (AvgIpc) is 2.59. The van der Waals surface area contributed by atoms with E-state index >= 15 is 0 Å². The largest absolute Gasteiger partial charge is 0.394 e. The van der Waals surface area contributed by atoms with Crippen LogP contribution >= 0.6 is 0 Å². The van der Waals surface area contributed by atoms with Gasteiger partial charge in [0.2, 0.25) is 0 Å². The zero-order chi connectivity index (χ0) is 16.7. The van der Waals surface area contributed by atoms with Gasteiger partial charge in [0.05, 0.1) is 22.9 Å². The number of rotatable bonds is 7. The maximum absolute atomic E-state index is 10.6. The summed E-state index contributed by atoms with van der Waals surface area (Å²) in [4.78, 5) is 10.1. The Kier molecular flexibility index (Phi) is 5.76. The van der Waals surface area contributed by atoms with Gasteiger partial charge in [-0.25, -0.2) is 0 Å². The van der Waals surface area contributed by atoms with Crippen LogP contribution in [-0.2, 0) is 0 Å². The van der Waals surface area contributed by atoms with E-state index in [9.17, 15) is 10.1 Å². The van der Waals surface area contributed by atoms with Crippen LogP contribution in [0, 0.1) is 10.1 Å². The molecule has 2 N–H and O–H groups in total. The molecule has 1 unspecified atom stereocenters. The fourth-order valence-electron chi connectivity index (χ4n) is 1.89. The Bertz CT molecular complexity index is 665. The summed E-state index contributed by atoms with van der Waals surface area (Å²) in [6, 6.07) is 13.2. The molecule has 0 radical (unpaired) electrons. The zero-order valence-corrected chi connectivity index (χ0v) is 12.7. The van der Waals surface area contributed by atoms with E-state index in [4.69, 9.17) is 5.11 Å². The van der Waals surface area contributed by atoms with Gasteiger partial charge in [-0.3, -0.25) is 10.1 Å². The summed E-state index contributed by atoms with van der Waals surface area (Å²) in [6.07, 6.45) is 0.831. The molecule has 2 rings (SSSR count). The summed E-state index contributed by atoms with van der Waals surface area (Å²) in [7, 11) is 0. The Hall–Kier alpha value is -2.80.